The number of benzene rings is 1. The summed E-state index contributed by atoms with van der Waals surface area (Å²) in [5.41, 5.74) is -0.412. The van der Waals surface area contributed by atoms with Crippen LogP contribution in [0, 0.1) is 0 Å². The van der Waals surface area contributed by atoms with E-state index in [1.165, 1.54) is 12.1 Å². The molecule has 1 fully saturated rings. The van der Waals surface area contributed by atoms with Gasteiger partial charge in [-0.15, -0.1) is 0 Å². The van der Waals surface area contributed by atoms with Crippen molar-refractivity contribution in [3.8, 4) is 0 Å². The minimum atomic E-state index is -4.36. The number of hydrogen-bond acceptors (Lipinski definition) is 3. The molecule has 1 heterocycles. The van der Waals surface area contributed by atoms with Crippen molar-refractivity contribution in [2.24, 2.45) is 4.99 Å². The molecule has 0 spiro atoms. The van der Waals surface area contributed by atoms with Crippen molar-refractivity contribution in [2.75, 3.05) is 46.1 Å². The van der Waals surface area contributed by atoms with Gasteiger partial charge in [-0.2, -0.15) is 13.2 Å². The second-order valence-electron chi connectivity index (χ2n) is 7.14. The van der Waals surface area contributed by atoms with E-state index in [-0.39, 0.29) is 0 Å². The molecule has 5 nitrogen and oxygen atoms in total. The molecule has 0 saturated carbocycles. The first-order valence-electron chi connectivity index (χ1n) is 10.3. The molecule has 0 aromatic heterocycles. The molecule has 0 unspecified atom stereocenters. The quantitative estimate of drug-likeness (QED) is 0.367. The van der Waals surface area contributed by atoms with Gasteiger partial charge in [0.1, 0.15) is 0 Å². The molecule has 0 radical (unpaired) electrons. The Balaban J connectivity index is 2.17. The van der Waals surface area contributed by atoms with Crippen LogP contribution in [-0.4, -0.2) is 52.0 Å². The summed E-state index contributed by atoms with van der Waals surface area (Å²) < 4.78 is 50.5. The largest absolute Gasteiger partial charge is 0.416 e. The van der Waals surface area contributed by atoms with Crippen LogP contribution in [0.2, 0.25) is 0 Å². The van der Waals surface area contributed by atoms with Crippen LogP contribution in [-0.2, 0) is 21.1 Å². The molecule has 164 valence electrons. The zero-order chi connectivity index (χ0) is 21.2. The predicted molar refractivity (Wildman–Crippen MR) is 108 cm³/mol. The summed E-state index contributed by atoms with van der Waals surface area (Å²) >= 11 is 0. The fraction of sp³-hybridized carbons (Fsp3) is 0.667. The van der Waals surface area contributed by atoms with Crippen LogP contribution in [0.15, 0.2) is 29.3 Å². The summed E-state index contributed by atoms with van der Waals surface area (Å²) in [5.74, 6) is 0.668. The van der Waals surface area contributed by atoms with E-state index in [0.29, 0.717) is 70.4 Å². The highest BCUT2D eigenvalue weighted by Gasteiger charge is 2.37. The number of halogens is 3. The highest BCUT2D eigenvalue weighted by Crippen LogP contribution is 2.38. The summed E-state index contributed by atoms with van der Waals surface area (Å²) in [6, 6.07) is 5.64. The Hall–Kier alpha value is -1.80. The summed E-state index contributed by atoms with van der Waals surface area (Å²) in [7, 11) is 0. The molecule has 0 bridgehead atoms. The smallest absolute Gasteiger partial charge is 0.382 e. The van der Waals surface area contributed by atoms with Gasteiger partial charge in [0, 0.05) is 44.9 Å². The highest BCUT2D eigenvalue weighted by atomic mass is 19.4. The second-order valence-corrected chi connectivity index (χ2v) is 7.14. The molecular formula is C21H32F3N3O2. The van der Waals surface area contributed by atoms with E-state index in [0.717, 1.165) is 12.5 Å². The first-order valence-corrected chi connectivity index (χ1v) is 10.3. The van der Waals surface area contributed by atoms with Crippen molar-refractivity contribution < 1.29 is 22.6 Å². The minimum absolute atomic E-state index is 0.401. The van der Waals surface area contributed by atoms with Crippen molar-refractivity contribution >= 4 is 5.96 Å². The van der Waals surface area contributed by atoms with E-state index in [4.69, 9.17) is 14.5 Å². The number of guanidine groups is 1. The van der Waals surface area contributed by atoms with E-state index < -0.39 is 17.2 Å². The molecule has 1 aromatic rings. The lowest BCUT2D eigenvalue weighted by Gasteiger charge is -2.37. The standard InChI is InChI=1S/C21H32F3N3O2/c1-3-25-19(26-11-6-12-28-4-2)27-16-20(9-13-29-14-10-20)17-7-5-8-18(15-17)21(22,23)24/h5,7-8,15H,3-4,6,9-14,16H2,1-2H3,(H2,25,26,27). The Bertz CT molecular complexity index is 644. The molecule has 1 aliphatic heterocycles. The molecule has 8 heteroatoms. The van der Waals surface area contributed by atoms with E-state index in [1.54, 1.807) is 6.07 Å². The molecule has 2 rings (SSSR count). The predicted octanol–water partition coefficient (Wildman–Crippen LogP) is 3.74. The lowest BCUT2D eigenvalue weighted by Crippen LogP contribution is -2.41. The summed E-state index contributed by atoms with van der Waals surface area (Å²) in [6.45, 7) is 8.16. The Labute approximate surface area is 171 Å². The van der Waals surface area contributed by atoms with Crippen molar-refractivity contribution in [1.29, 1.82) is 0 Å². The van der Waals surface area contributed by atoms with Crippen molar-refractivity contribution in [2.45, 2.75) is 44.7 Å². The van der Waals surface area contributed by atoms with Crippen LogP contribution < -0.4 is 10.6 Å². The van der Waals surface area contributed by atoms with Crippen LogP contribution in [0.25, 0.3) is 0 Å². The lowest BCUT2D eigenvalue weighted by molar-refractivity contribution is -0.137. The van der Waals surface area contributed by atoms with E-state index >= 15 is 0 Å². The van der Waals surface area contributed by atoms with Crippen LogP contribution in [0.5, 0.6) is 0 Å². The molecule has 1 aromatic carbocycles. The maximum atomic E-state index is 13.2. The number of rotatable bonds is 9. The van der Waals surface area contributed by atoms with E-state index in [1.807, 2.05) is 13.8 Å². The Kier molecular flexibility index (Phi) is 9.23. The van der Waals surface area contributed by atoms with E-state index in [2.05, 4.69) is 10.6 Å². The van der Waals surface area contributed by atoms with Crippen molar-refractivity contribution in [1.82, 2.24) is 10.6 Å². The van der Waals surface area contributed by atoms with Gasteiger partial charge >= 0.3 is 6.18 Å². The van der Waals surface area contributed by atoms with Crippen LogP contribution in [0.1, 0.15) is 44.2 Å². The zero-order valence-electron chi connectivity index (χ0n) is 17.3. The molecule has 29 heavy (non-hydrogen) atoms. The molecule has 2 N–H and O–H groups in total. The number of nitrogens with one attached hydrogen (secondary N) is 2. The molecule has 1 saturated heterocycles. The summed E-state index contributed by atoms with van der Waals surface area (Å²) in [5, 5.41) is 6.48. The number of nitrogens with zero attached hydrogens (tertiary/aromatic N) is 1. The maximum Gasteiger partial charge on any atom is 0.416 e. The van der Waals surface area contributed by atoms with Gasteiger partial charge in [-0.3, -0.25) is 4.99 Å². The number of ether oxygens (including phenoxy) is 2. The minimum Gasteiger partial charge on any atom is -0.382 e. The third-order valence-corrected chi connectivity index (χ3v) is 5.10. The lowest BCUT2D eigenvalue weighted by atomic mass is 9.74. The average Bonchev–Trinajstić information content (AvgIpc) is 2.72. The Morgan fingerprint density at radius 2 is 1.97 bits per heavy atom. The van der Waals surface area contributed by atoms with Crippen LogP contribution in [0.4, 0.5) is 13.2 Å². The molecular weight excluding hydrogens is 383 g/mol. The highest BCUT2D eigenvalue weighted by molar-refractivity contribution is 5.79. The first kappa shape index (κ1) is 23.5. The SMILES string of the molecule is CCNC(=NCC1(c2cccc(C(F)(F)F)c2)CCOCC1)NCCCOCC. The van der Waals surface area contributed by atoms with Gasteiger partial charge in [-0.1, -0.05) is 18.2 Å². The Morgan fingerprint density at radius 1 is 1.21 bits per heavy atom. The monoisotopic (exact) mass is 415 g/mol. The second kappa shape index (κ2) is 11.4. The number of aliphatic imine (C=N–C) groups is 1. The van der Waals surface area contributed by atoms with Gasteiger partial charge in [0.25, 0.3) is 0 Å². The topological polar surface area (TPSA) is 54.9 Å². The van der Waals surface area contributed by atoms with Gasteiger partial charge in [-0.05, 0) is 44.7 Å². The molecule has 0 atom stereocenters. The fourth-order valence-electron chi connectivity index (χ4n) is 3.42. The Morgan fingerprint density at radius 3 is 2.62 bits per heavy atom. The van der Waals surface area contributed by atoms with Gasteiger partial charge in [0.2, 0.25) is 0 Å². The fourth-order valence-corrected chi connectivity index (χ4v) is 3.42. The summed E-state index contributed by atoms with van der Waals surface area (Å²) in [4.78, 5) is 4.71. The van der Waals surface area contributed by atoms with Gasteiger partial charge < -0.3 is 20.1 Å². The van der Waals surface area contributed by atoms with Crippen LogP contribution in [0.3, 0.4) is 0 Å². The third kappa shape index (κ3) is 7.19. The summed E-state index contributed by atoms with van der Waals surface area (Å²) in [6.07, 6.45) is -2.23. The zero-order valence-corrected chi connectivity index (χ0v) is 17.3. The molecule has 0 aliphatic carbocycles. The van der Waals surface area contributed by atoms with Crippen molar-refractivity contribution in [3.05, 3.63) is 35.4 Å². The van der Waals surface area contributed by atoms with Gasteiger partial charge in [0.15, 0.2) is 5.96 Å². The molecule has 0 amide bonds. The van der Waals surface area contributed by atoms with Gasteiger partial charge in [-0.25, -0.2) is 0 Å². The van der Waals surface area contributed by atoms with Crippen molar-refractivity contribution in [3.63, 3.8) is 0 Å². The normalized spacial score (nSPS) is 17.2. The molecule has 1 aliphatic rings. The third-order valence-electron chi connectivity index (χ3n) is 5.10. The van der Waals surface area contributed by atoms with E-state index in [9.17, 15) is 13.2 Å². The maximum absolute atomic E-state index is 13.2. The first-order chi connectivity index (χ1) is 13.9. The number of hydrogen-bond donors (Lipinski definition) is 2. The number of alkyl halides is 3. The van der Waals surface area contributed by atoms with Crippen LogP contribution >= 0.6 is 0 Å². The average molecular weight is 416 g/mol. The van der Waals surface area contributed by atoms with Gasteiger partial charge in [0.05, 0.1) is 12.1 Å².